The summed E-state index contributed by atoms with van der Waals surface area (Å²) < 4.78 is 0. The first kappa shape index (κ1) is 18.3. The largest absolute Gasteiger partial charge is 0.366 e. The Morgan fingerprint density at radius 3 is 2.36 bits per heavy atom. The van der Waals surface area contributed by atoms with E-state index in [9.17, 15) is 4.79 Å². The average Bonchev–Trinajstić information content (AvgIpc) is 2.60. The molecule has 2 N–H and O–H groups in total. The Morgan fingerprint density at radius 1 is 1.00 bits per heavy atom. The second-order valence-corrected chi connectivity index (χ2v) is 7.15. The summed E-state index contributed by atoms with van der Waals surface area (Å²) in [5.74, 6) is -0.0306. The van der Waals surface area contributed by atoms with Crippen LogP contribution < -0.4 is 10.6 Å². The van der Waals surface area contributed by atoms with Crippen LogP contribution in [-0.4, -0.2) is 43.5 Å². The topological polar surface area (TPSA) is 49.6 Å². The van der Waals surface area contributed by atoms with Crippen molar-refractivity contribution in [3.63, 3.8) is 0 Å². The quantitative estimate of drug-likeness (QED) is 0.852. The Kier molecular flexibility index (Phi) is 5.74. The highest BCUT2D eigenvalue weighted by Gasteiger charge is 2.24. The zero-order chi connectivity index (χ0) is 18.0. The van der Waals surface area contributed by atoms with Gasteiger partial charge in [0, 0.05) is 41.8 Å². The summed E-state index contributed by atoms with van der Waals surface area (Å²) in [5.41, 5.74) is 8.24. The molecule has 0 unspecified atom stereocenters. The highest BCUT2D eigenvalue weighted by molar-refractivity contribution is 6.37. The third kappa shape index (κ3) is 4.04. The molecule has 0 aliphatic carbocycles. The molecule has 7 heteroatoms. The van der Waals surface area contributed by atoms with Crippen molar-refractivity contribution in [2.75, 3.05) is 37.6 Å². The summed E-state index contributed by atoms with van der Waals surface area (Å²) in [4.78, 5) is 15.7. The maximum absolute atomic E-state index is 11.8. The van der Waals surface area contributed by atoms with Crippen LogP contribution in [0.15, 0.2) is 36.4 Å². The first-order valence-corrected chi connectivity index (χ1v) is 9.10. The minimum atomic E-state index is -0.0306. The van der Waals surface area contributed by atoms with Gasteiger partial charge in [0.1, 0.15) is 0 Å². The van der Waals surface area contributed by atoms with E-state index in [4.69, 9.17) is 40.5 Å². The zero-order valence-electron chi connectivity index (χ0n) is 13.5. The van der Waals surface area contributed by atoms with Crippen LogP contribution in [0.3, 0.4) is 0 Å². The SMILES string of the molecule is NCC(=O)N1CCN(c2c(Cl)cc(Cl)cc2-c2cccc(Cl)c2)CC1. The molecule has 0 bridgehead atoms. The Morgan fingerprint density at radius 2 is 1.72 bits per heavy atom. The van der Waals surface area contributed by atoms with E-state index in [1.165, 1.54) is 0 Å². The van der Waals surface area contributed by atoms with E-state index in [1.807, 2.05) is 30.3 Å². The molecule has 2 aromatic carbocycles. The number of anilines is 1. The van der Waals surface area contributed by atoms with Gasteiger partial charge in [-0.25, -0.2) is 0 Å². The molecular formula is C18H18Cl3N3O. The first-order chi connectivity index (χ1) is 12.0. The molecule has 0 aromatic heterocycles. The number of benzene rings is 2. The van der Waals surface area contributed by atoms with Crippen LogP contribution in [-0.2, 0) is 4.79 Å². The molecule has 0 atom stereocenters. The van der Waals surface area contributed by atoms with E-state index in [0.29, 0.717) is 41.2 Å². The second kappa shape index (κ2) is 7.83. The highest BCUT2D eigenvalue weighted by Crippen LogP contribution is 2.40. The lowest BCUT2D eigenvalue weighted by atomic mass is 10.0. The predicted molar refractivity (Wildman–Crippen MR) is 105 cm³/mol. The minimum Gasteiger partial charge on any atom is -0.366 e. The number of carbonyl (C=O) groups is 1. The van der Waals surface area contributed by atoms with Gasteiger partial charge in [0.25, 0.3) is 0 Å². The van der Waals surface area contributed by atoms with Crippen molar-refractivity contribution in [3.05, 3.63) is 51.5 Å². The molecule has 132 valence electrons. The van der Waals surface area contributed by atoms with Crippen molar-refractivity contribution in [2.24, 2.45) is 5.73 Å². The Balaban J connectivity index is 1.95. The summed E-state index contributed by atoms with van der Waals surface area (Å²) in [6, 6.07) is 11.2. The maximum Gasteiger partial charge on any atom is 0.236 e. The monoisotopic (exact) mass is 397 g/mol. The number of nitrogens with zero attached hydrogens (tertiary/aromatic N) is 2. The fourth-order valence-corrected chi connectivity index (χ4v) is 3.88. The van der Waals surface area contributed by atoms with Crippen molar-refractivity contribution in [1.29, 1.82) is 0 Å². The van der Waals surface area contributed by atoms with Gasteiger partial charge < -0.3 is 15.5 Å². The van der Waals surface area contributed by atoms with Gasteiger partial charge in [0.2, 0.25) is 5.91 Å². The van der Waals surface area contributed by atoms with E-state index in [0.717, 1.165) is 16.8 Å². The molecule has 1 heterocycles. The number of rotatable bonds is 3. The molecule has 0 radical (unpaired) electrons. The Bertz CT molecular complexity index is 789. The summed E-state index contributed by atoms with van der Waals surface area (Å²) >= 11 is 18.9. The Hall–Kier alpha value is -1.46. The van der Waals surface area contributed by atoms with Gasteiger partial charge in [-0.05, 0) is 29.8 Å². The number of amides is 1. The molecular weight excluding hydrogens is 381 g/mol. The lowest BCUT2D eigenvalue weighted by molar-refractivity contribution is -0.129. The molecule has 25 heavy (non-hydrogen) atoms. The van der Waals surface area contributed by atoms with Gasteiger partial charge >= 0.3 is 0 Å². The third-order valence-corrected chi connectivity index (χ3v) is 5.03. The van der Waals surface area contributed by atoms with Crippen molar-refractivity contribution in [1.82, 2.24) is 4.90 Å². The van der Waals surface area contributed by atoms with Crippen molar-refractivity contribution >= 4 is 46.4 Å². The lowest BCUT2D eigenvalue weighted by Gasteiger charge is -2.37. The van der Waals surface area contributed by atoms with Crippen LogP contribution in [0.1, 0.15) is 0 Å². The maximum atomic E-state index is 11.8. The molecule has 3 rings (SSSR count). The molecule has 1 amide bonds. The number of carbonyl (C=O) groups excluding carboxylic acids is 1. The average molecular weight is 399 g/mol. The van der Waals surface area contributed by atoms with Gasteiger partial charge in [-0.2, -0.15) is 0 Å². The van der Waals surface area contributed by atoms with Gasteiger partial charge in [-0.3, -0.25) is 4.79 Å². The number of halogens is 3. The van der Waals surface area contributed by atoms with E-state index in [2.05, 4.69) is 4.90 Å². The molecule has 0 spiro atoms. The van der Waals surface area contributed by atoms with Crippen LogP contribution in [0.4, 0.5) is 5.69 Å². The van der Waals surface area contributed by atoms with E-state index in [-0.39, 0.29) is 12.5 Å². The smallest absolute Gasteiger partial charge is 0.236 e. The molecule has 1 fully saturated rings. The molecule has 1 saturated heterocycles. The van der Waals surface area contributed by atoms with E-state index >= 15 is 0 Å². The molecule has 1 aliphatic rings. The normalized spacial score (nSPS) is 14.7. The molecule has 1 aliphatic heterocycles. The molecule has 2 aromatic rings. The predicted octanol–water partition coefficient (Wildman–Crippen LogP) is 3.92. The van der Waals surface area contributed by atoms with Gasteiger partial charge in [0.15, 0.2) is 0 Å². The van der Waals surface area contributed by atoms with Crippen molar-refractivity contribution < 1.29 is 4.79 Å². The summed E-state index contributed by atoms with van der Waals surface area (Å²) in [6.07, 6.45) is 0. The summed E-state index contributed by atoms with van der Waals surface area (Å²) in [5, 5.41) is 1.81. The second-order valence-electron chi connectivity index (χ2n) is 5.87. The van der Waals surface area contributed by atoms with Crippen LogP contribution in [0, 0.1) is 0 Å². The molecule has 0 saturated carbocycles. The van der Waals surface area contributed by atoms with Gasteiger partial charge in [-0.1, -0.05) is 46.9 Å². The standard InChI is InChI=1S/C18H18Cl3N3O/c19-13-3-1-2-12(8-13)15-9-14(20)10-16(21)18(15)24-6-4-23(5-7-24)17(25)11-22/h1-3,8-10H,4-7,11,22H2. The van der Waals surface area contributed by atoms with E-state index in [1.54, 1.807) is 11.0 Å². The van der Waals surface area contributed by atoms with Gasteiger partial charge in [-0.15, -0.1) is 0 Å². The lowest BCUT2D eigenvalue weighted by Crippen LogP contribution is -2.50. The van der Waals surface area contributed by atoms with E-state index < -0.39 is 0 Å². The highest BCUT2D eigenvalue weighted by atomic mass is 35.5. The van der Waals surface area contributed by atoms with Crippen LogP contribution in [0.5, 0.6) is 0 Å². The fourth-order valence-electron chi connectivity index (χ4n) is 3.07. The van der Waals surface area contributed by atoms with Crippen molar-refractivity contribution in [3.8, 4) is 11.1 Å². The number of piperazine rings is 1. The number of hydrogen-bond donors (Lipinski definition) is 1. The summed E-state index contributed by atoms with van der Waals surface area (Å²) in [7, 11) is 0. The first-order valence-electron chi connectivity index (χ1n) is 7.97. The molecule has 4 nitrogen and oxygen atoms in total. The van der Waals surface area contributed by atoms with Crippen LogP contribution >= 0.6 is 34.8 Å². The zero-order valence-corrected chi connectivity index (χ0v) is 15.8. The van der Waals surface area contributed by atoms with Crippen LogP contribution in [0.2, 0.25) is 15.1 Å². The fraction of sp³-hybridized carbons (Fsp3) is 0.278. The third-order valence-electron chi connectivity index (χ3n) is 4.29. The summed E-state index contributed by atoms with van der Waals surface area (Å²) in [6.45, 7) is 2.63. The van der Waals surface area contributed by atoms with Gasteiger partial charge in [0.05, 0.1) is 17.3 Å². The number of hydrogen-bond acceptors (Lipinski definition) is 3. The Labute approximate surface area is 162 Å². The van der Waals surface area contributed by atoms with Crippen molar-refractivity contribution in [2.45, 2.75) is 0 Å². The minimum absolute atomic E-state index is 0.0306. The number of nitrogens with two attached hydrogens (primary N) is 1. The van der Waals surface area contributed by atoms with Crippen LogP contribution in [0.25, 0.3) is 11.1 Å².